The van der Waals surface area contributed by atoms with Gasteiger partial charge in [0, 0.05) is 39.4 Å². The van der Waals surface area contributed by atoms with Crippen molar-refractivity contribution in [2.75, 3.05) is 34.4 Å². The van der Waals surface area contributed by atoms with Gasteiger partial charge in [-0.15, -0.1) is 24.0 Å². The van der Waals surface area contributed by atoms with Gasteiger partial charge in [0.1, 0.15) is 0 Å². The molecule has 1 aromatic rings. The van der Waals surface area contributed by atoms with Gasteiger partial charge in [0.25, 0.3) is 0 Å². The highest BCUT2D eigenvalue weighted by Crippen LogP contribution is 2.34. The summed E-state index contributed by atoms with van der Waals surface area (Å²) in [6, 6.07) is 6.01. The van der Waals surface area contributed by atoms with E-state index in [9.17, 15) is 0 Å². The molecular weight excluding hydrogens is 445 g/mol. The zero-order valence-corrected chi connectivity index (χ0v) is 18.4. The highest BCUT2D eigenvalue weighted by molar-refractivity contribution is 14.0. The molecule has 0 aliphatic heterocycles. The third-order valence-corrected chi connectivity index (χ3v) is 4.35. The number of benzene rings is 1. The summed E-state index contributed by atoms with van der Waals surface area (Å²) < 4.78 is 16.8. The molecule has 2 rings (SSSR count). The number of hydrogen-bond donors (Lipinski definition) is 2. The number of ether oxygens (including phenoxy) is 3. The molecule has 2 N–H and O–H groups in total. The molecule has 1 aliphatic rings. The first-order chi connectivity index (χ1) is 12.3. The molecule has 0 heterocycles. The fourth-order valence-electron chi connectivity index (χ4n) is 2.99. The third kappa shape index (κ3) is 7.19. The number of rotatable bonds is 9. The van der Waals surface area contributed by atoms with E-state index >= 15 is 0 Å². The number of hydrogen-bond acceptors (Lipinski definition) is 4. The molecule has 6 nitrogen and oxygen atoms in total. The van der Waals surface area contributed by atoms with E-state index in [-0.39, 0.29) is 24.0 Å². The Bertz CT molecular complexity index is 549. The van der Waals surface area contributed by atoms with E-state index in [1.165, 1.54) is 12.8 Å². The second-order valence-electron chi connectivity index (χ2n) is 6.17. The van der Waals surface area contributed by atoms with Crippen molar-refractivity contribution in [3.8, 4) is 11.5 Å². The van der Waals surface area contributed by atoms with Gasteiger partial charge in [-0.05, 0) is 38.2 Å². The predicted molar refractivity (Wildman–Crippen MR) is 116 cm³/mol. The first-order valence-electron chi connectivity index (χ1n) is 9.04. The zero-order chi connectivity index (χ0) is 17.9. The number of nitrogens with one attached hydrogen (secondary N) is 2. The molecule has 1 aromatic carbocycles. The molecule has 1 aliphatic carbocycles. The quantitative estimate of drug-likeness (QED) is 0.247. The molecule has 26 heavy (non-hydrogen) atoms. The lowest BCUT2D eigenvalue weighted by Gasteiger charge is -2.20. The van der Waals surface area contributed by atoms with Crippen molar-refractivity contribution in [2.45, 2.75) is 44.8 Å². The third-order valence-electron chi connectivity index (χ3n) is 4.35. The van der Waals surface area contributed by atoms with E-state index in [4.69, 9.17) is 14.2 Å². The average Bonchev–Trinajstić information content (AvgIpc) is 3.15. The molecule has 0 radical (unpaired) electrons. The number of nitrogens with zero attached hydrogens (tertiary/aromatic N) is 1. The molecule has 1 fully saturated rings. The SMILES string of the molecule is CN=C(NCCCOC)NCc1cccc(OC)c1OC1CCCC1.I. The Morgan fingerprint density at radius 1 is 1.19 bits per heavy atom. The van der Waals surface area contributed by atoms with Crippen LogP contribution in [-0.4, -0.2) is 46.5 Å². The summed E-state index contributed by atoms with van der Waals surface area (Å²) in [5, 5.41) is 6.62. The maximum Gasteiger partial charge on any atom is 0.191 e. The molecular formula is C19H32IN3O3. The van der Waals surface area contributed by atoms with Crippen LogP contribution in [0.4, 0.5) is 0 Å². The number of halogens is 1. The Morgan fingerprint density at radius 3 is 2.62 bits per heavy atom. The van der Waals surface area contributed by atoms with E-state index in [2.05, 4.69) is 21.7 Å². The molecule has 7 heteroatoms. The summed E-state index contributed by atoms with van der Waals surface area (Å²) in [6.07, 6.45) is 5.95. The van der Waals surface area contributed by atoms with Crippen LogP contribution in [0, 0.1) is 0 Å². The van der Waals surface area contributed by atoms with Crippen LogP contribution in [0.1, 0.15) is 37.7 Å². The fraction of sp³-hybridized carbons (Fsp3) is 0.632. The van der Waals surface area contributed by atoms with Gasteiger partial charge in [0.2, 0.25) is 0 Å². The van der Waals surface area contributed by atoms with Crippen LogP contribution in [0.15, 0.2) is 23.2 Å². The van der Waals surface area contributed by atoms with Gasteiger partial charge in [-0.3, -0.25) is 4.99 Å². The predicted octanol–water partition coefficient (Wildman–Crippen LogP) is 3.34. The summed E-state index contributed by atoms with van der Waals surface area (Å²) in [7, 11) is 5.17. The highest BCUT2D eigenvalue weighted by atomic mass is 127. The summed E-state index contributed by atoms with van der Waals surface area (Å²) in [5.74, 6) is 2.40. The smallest absolute Gasteiger partial charge is 0.191 e. The Hall–Kier alpha value is -1.22. The molecule has 0 spiro atoms. The number of methoxy groups -OCH3 is 2. The summed E-state index contributed by atoms with van der Waals surface area (Å²) in [4.78, 5) is 4.26. The van der Waals surface area contributed by atoms with Crippen molar-refractivity contribution in [3.05, 3.63) is 23.8 Å². The monoisotopic (exact) mass is 477 g/mol. The van der Waals surface area contributed by atoms with Crippen LogP contribution in [0.2, 0.25) is 0 Å². The lowest BCUT2D eigenvalue weighted by molar-refractivity contribution is 0.195. The normalized spacial score (nSPS) is 14.7. The second kappa shape index (κ2) is 13.0. The van der Waals surface area contributed by atoms with Crippen LogP contribution in [0.25, 0.3) is 0 Å². The van der Waals surface area contributed by atoms with Crippen LogP contribution >= 0.6 is 24.0 Å². The van der Waals surface area contributed by atoms with Gasteiger partial charge in [-0.1, -0.05) is 12.1 Å². The molecule has 1 saturated carbocycles. The second-order valence-corrected chi connectivity index (χ2v) is 6.17. The van der Waals surface area contributed by atoms with Gasteiger partial charge in [-0.2, -0.15) is 0 Å². The van der Waals surface area contributed by atoms with Crippen LogP contribution < -0.4 is 20.1 Å². The van der Waals surface area contributed by atoms with Gasteiger partial charge in [-0.25, -0.2) is 0 Å². The largest absolute Gasteiger partial charge is 0.493 e. The maximum atomic E-state index is 6.27. The fourth-order valence-corrected chi connectivity index (χ4v) is 2.99. The van der Waals surface area contributed by atoms with Gasteiger partial charge >= 0.3 is 0 Å². The van der Waals surface area contributed by atoms with Crippen LogP contribution in [0.3, 0.4) is 0 Å². The lowest BCUT2D eigenvalue weighted by Crippen LogP contribution is -2.37. The summed E-state index contributed by atoms with van der Waals surface area (Å²) >= 11 is 0. The maximum absolute atomic E-state index is 6.27. The van der Waals surface area contributed by atoms with Crippen molar-refractivity contribution < 1.29 is 14.2 Å². The van der Waals surface area contributed by atoms with Crippen molar-refractivity contribution in [2.24, 2.45) is 4.99 Å². The first kappa shape index (κ1) is 22.8. The highest BCUT2D eigenvalue weighted by Gasteiger charge is 2.20. The Morgan fingerprint density at radius 2 is 1.96 bits per heavy atom. The lowest BCUT2D eigenvalue weighted by atomic mass is 10.1. The first-order valence-corrected chi connectivity index (χ1v) is 9.04. The van der Waals surface area contributed by atoms with Crippen molar-refractivity contribution in [1.29, 1.82) is 0 Å². The zero-order valence-electron chi connectivity index (χ0n) is 16.0. The molecule has 0 unspecified atom stereocenters. The van der Waals surface area contributed by atoms with Gasteiger partial charge in [0.15, 0.2) is 17.5 Å². The van der Waals surface area contributed by atoms with Crippen LogP contribution in [0.5, 0.6) is 11.5 Å². The summed E-state index contributed by atoms with van der Waals surface area (Å²) in [6.45, 7) is 2.18. The molecule has 0 amide bonds. The van der Waals surface area contributed by atoms with Crippen molar-refractivity contribution >= 4 is 29.9 Å². The Labute approximate surface area is 174 Å². The minimum atomic E-state index is 0. The van der Waals surface area contributed by atoms with E-state index in [1.54, 1.807) is 21.3 Å². The molecule has 148 valence electrons. The van der Waals surface area contributed by atoms with Crippen molar-refractivity contribution in [3.63, 3.8) is 0 Å². The molecule has 0 aromatic heterocycles. The van der Waals surface area contributed by atoms with Crippen molar-refractivity contribution in [1.82, 2.24) is 10.6 Å². The number of aliphatic imine (C=N–C) groups is 1. The summed E-state index contributed by atoms with van der Waals surface area (Å²) in [5.41, 5.74) is 1.08. The molecule has 0 saturated heterocycles. The standard InChI is InChI=1S/C19H31N3O3.HI/c1-20-19(21-12-7-13-23-2)22-14-15-8-6-11-17(24-3)18(15)25-16-9-4-5-10-16;/h6,8,11,16H,4-5,7,9-10,12-14H2,1-3H3,(H2,20,21,22);1H. The Kier molecular flexibility index (Phi) is 11.4. The van der Waals surface area contributed by atoms with E-state index < -0.39 is 0 Å². The topological polar surface area (TPSA) is 64.1 Å². The van der Waals surface area contributed by atoms with Gasteiger partial charge < -0.3 is 24.8 Å². The van der Waals surface area contributed by atoms with Crippen LogP contribution in [-0.2, 0) is 11.3 Å². The minimum Gasteiger partial charge on any atom is -0.493 e. The van der Waals surface area contributed by atoms with E-state index in [0.717, 1.165) is 55.4 Å². The van der Waals surface area contributed by atoms with Gasteiger partial charge in [0.05, 0.1) is 13.2 Å². The number of para-hydroxylation sites is 1. The molecule has 0 atom stereocenters. The Balaban J connectivity index is 0.00000338. The minimum absolute atomic E-state index is 0. The van der Waals surface area contributed by atoms with E-state index in [1.807, 2.05) is 12.1 Å². The van der Waals surface area contributed by atoms with E-state index in [0.29, 0.717) is 12.6 Å². The average molecular weight is 477 g/mol. The number of guanidine groups is 1. The molecule has 0 bridgehead atoms.